The average Bonchev–Trinajstić information content (AvgIpc) is 2.86. The summed E-state index contributed by atoms with van der Waals surface area (Å²) in [6.07, 6.45) is 26.9. The molecule has 198 valence electrons. The molecule has 0 amide bonds. The third-order valence-corrected chi connectivity index (χ3v) is 6.78. The summed E-state index contributed by atoms with van der Waals surface area (Å²) in [5, 5.41) is 0. The topological polar surface area (TPSA) is 44.5 Å². The van der Waals surface area contributed by atoms with E-state index in [4.69, 9.17) is 15.2 Å². The first-order valence-electron chi connectivity index (χ1n) is 14.9. The van der Waals surface area contributed by atoms with Crippen LogP contribution >= 0.6 is 0 Å². The molecule has 0 fully saturated rings. The number of hydrogen-bond donors (Lipinski definition) is 1. The van der Waals surface area contributed by atoms with Crippen LogP contribution in [0, 0.1) is 0 Å². The molecule has 0 aliphatic rings. The first kappa shape index (κ1) is 30.8. The van der Waals surface area contributed by atoms with E-state index >= 15 is 0 Å². The zero-order chi connectivity index (χ0) is 24.5. The molecule has 1 rings (SSSR count). The van der Waals surface area contributed by atoms with Crippen molar-refractivity contribution in [3.8, 4) is 11.5 Å². The molecule has 1 aromatic rings. The largest absolute Gasteiger partial charge is 0.493 e. The Labute approximate surface area is 212 Å². The van der Waals surface area contributed by atoms with Crippen molar-refractivity contribution in [2.45, 2.75) is 149 Å². The second-order valence-electron chi connectivity index (χ2n) is 10.0. The number of ether oxygens (including phenoxy) is 2. The van der Waals surface area contributed by atoms with Crippen LogP contribution in [0.15, 0.2) is 18.2 Å². The Kier molecular flexibility index (Phi) is 21.3. The van der Waals surface area contributed by atoms with Crippen molar-refractivity contribution in [1.29, 1.82) is 0 Å². The fourth-order valence-corrected chi connectivity index (χ4v) is 4.48. The zero-order valence-corrected chi connectivity index (χ0v) is 22.9. The summed E-state index contributed by atoms with van der Waals surface area (Å²) in [5.74, 6) is 1.81. The Balaban J connectivity index is 2.10. The lowest BCUT2D eigenvalue weighted by atomic mass is 10.1. The van der Waals surface area contributed by atoms with Gasteiger partial charge in [-0.2, -0.15) is 0 Å². The van der Waals surface area contributed by atoms with Crippen molar-refractivity contribution in [3.63, 3.8) is 0 Å². The maximum Gasteiger partial charge on any atom is 0.127 e. The molecule has 0 aliphatic carbocycles. The predicted molar refractivity (Wildman–Crippen MR) is 149 cm³/mol. The molecular weight excluding hydrogens is 418 g/mol. The fraction of sp³-hybridized carbons (Fsp3) is 0.806. The Morgan fingerprint density at radius 2 is 0.941 bits per heavy atom. The quantitative estimate of drug-likeness (QED) is 0.143. The number of unbranched alkanes of at least 4 members (excludes halogenated alkanes) is 18. The minimum Gasteiger partial charge on any atom is -0.493 e. The van der Waals surface area contributed by atoms with Crippen LogP contribution in [-0.2, 0) is 6.54 Å². The molecule has 34 heavy (non-hydrogen) atoms. The summed E-state index contributed by atoms with van der Waals surface area (Å²) in [4.78, 5) is 0. The monoisotopic (exact) mass is 475 g/mol. The van der Waals surface area contributed by atoms with Gasteiger partial charge in [-0.1, -0.05) is 135 Å². The fourth-order valence-electron chi connectivity index (χ4n) is 4.48. The average molecular weight is 476 g/mol. The summed E-state index contributed by atoms with van der Waals surface area (Å²) in [5.41, 5.74) is 6.99. The van der Waals surface area contributed by atoms with E-state index < -0.39 is 0 Å². The van der Waals surface area contributed by atoms with Gasteiger partial charge in [0.25, 0.3) is 0 Å². The van der Waals surface area contributed by atoms with E-state index in [0.717, 1.165) is 43.1 Å². The smallest absolute Gasteiger partial charge is 0.127 e. The summed E-state index contributed by atoms with van der Waals surface area (Å²) in [6, 6.07) is 6.13. The van der Waals surface area contributed by atoms with Crippen LogP contribution in [0.1, 0.15) is 148 Å². The van der Waals surface area contributed by atoms with E-state index in [0.29, 0.717) is 6.54 Å². The van der Waals surface area contributed by atoms with Gasteiger partial charge >= 0.3 is 0 Å². The van der Waals surface area contributed by atoms with Crippen LogP contribution < -0.4 is 15.2 Å². The second-order valence-corrected chi connectivity index (χ2v) is 10.0. The Hall–Kier alpha value is -1.22. The van der Waals surface area contributed by atoms with Gasteiger partial charge < -0.3 is 15.2 Å². The van der Waals surface area contributed by atoms with Gasteiger partial charge in [0.05, 0.1) is 13.2 Å². The first-order chi connectivity index (χ1) is 16.8. The maximum absolute atomic E-state index is 6.09. The highest BCUT2D eigenvalue weighted by Crippen LogP contribution is 2.25. The van der Waals surface area contributed by atoms with Crippen molar-refractivity contribution < 1.29 is 9.47 Å². The summed E-state index contributed by atoms with van der Waals surface area (Å²) in [6.45, 7) is 6.62. The Bertz CT molecular complexity index is 560. The molecule has 0 aliphatic heterocycles. The molecule has 3 nitrogen and oxygen atoms in total. The minimum absolute atomic E-state index is 0.506. The molecule has 0 heterocycles. The third-order valence-electron chi connectivity index (χ3n) is 6.78. The van der Waals surface area contributed by atoms with Gasteiger partial charge in [-0.15, -0.1) is 0 Å². The van der Waals surface area contributed by atoms with Gasteiger partial charge in [0.2, 0.25) is 0 Å². The molecule has 0 bridgehead atoms. The van der Waals surface area contributed by atoms with E-state index in [-0.39, 0.29) is 0 Å². The van der Waals surface area contributed by atoms with Crippen LogP contribution in [0.4, 0.5) is 0 Å². The van der Waals surface area contributed by atoms with E-state index in [2.05, 4.69) is 19.9 Å². The van der Waals surface area contributed by atoms with Gasteiger partial charge in [-0.3, -0.25) is 0 Å². The molecule has 0 aromatic heterocycles. The molecule has 0 atom stereocenters. The van der Waals surface area contributed by atoms with Gasteiger partial charge in [0.1, 0.15) is 11.5 Å². The standard InChI is InChI=1S/C31H57NO2/c1-3-5-7-9-11-13-15-17-19-21-25-33-30-24-23-29(28-32)31(27-30)34-26-22-20-18-16-14-12-10-8-6-4-2/h23-24,27H,3-22,25-26,28,32H2,1-2H3. The highest BCUT2D eigenvalue weighted by Gasteiger charge is 2.05. The van der Waals surface area contributed by atoms with Crippen LogP contribution in [-0.4, -0.2) is 13.2 Å². The number of hydrogen-bond acceptors (Lipinski definition) is 3. The van der Waals surface area contributed by atoms with Gasteiger partial charge in [0.15, 0.2) is 0 Å². The number of nitrogens with two attached hydrogens (primary N) is 1. The zero-order valence-electron chi connectivity index (χ0n) is 22.9. The minimum atomic E-state index is 0.506. The van der Waals surface area contributed by atoms with E-state index in [1.54, 1.807) is 0 Å². The normalized spacial score (nSPS) is 11.1. The van der Waals surface area contributed by atoms with Crippen LogP contribution in [0.25, 0.3) is 0 Å². The molecule has 0 saturated heterocycles. The number of benzene rings is 1. The predicted octanol–water partition coefficient (Wildman–Crippen LogP) is 9.74. The Morgan fingerprint density at radius 3 is 1.38 bits per heavy atom. The lowest BCUT2D eigenvalue weighted by Gasteiger charge is -2.13. The van der Waals surface area contributed by atoms with Gasteiger partial charge in [-0.25, -0.2) is 0 Å². The van der Waals surface area contributed by atoms with Gasteiger partial charge in [-0.05, 0) is 18.9 Å². The summed E-state index contributed by atoms with van der Waals surface area (Å²) < 4.78 is 12.1. The van der Waals surface area contributed by atoms with Crippen LogP contribution in [0.5, 0.6) is 11.5 Å². The van der Waals surface area contributed by atoms with Crippen molar-refractivity contribution in [2.75, 3.05) is 13.2 Å². The van der Waals surface area contributed by atoms with Crippen molar-refractivity contribution >= 4 is 0 Å². The van der Waals surface area contributed by atoms with Gasteiger partial charge in [0, 0.05) is 18.2 Å². The molecular formula is C31H57NO2. The van der Waals surface area contributed by atoms with E-state index in [9.17, 15) is 0 Å². The first-order valence-corrected chi connectivity index (χ1v) is 14.9. The molecule has 3 heteroatoms. The van der Waals surface area contributed by atoms with Crippen molar-refractivity contribution in [1.82, 2.24) is 0 Å². The van der Waals surface area contributed by atoms with Crippen molar-refractivity contribution in [3.05, 3.63) is 23.8 Å². The molecule has 0 saturated carbocycles. The maximum atomic E-state index is 6.09. The Morgan fingerprint density at radius 1 is 0.529 bits per heavy atom. The highest BCUT2D eigenvalue weighted by atomic mass is 16.5. The number of rotatable bonds is 25. The summed E-state index contributed by atoms with van der Waals surface area (Å²) >= 11 is 0. The van der Waals surface area contributed by atoms with Crippen LogP contribution in [0.3, 0.4) is 0 Å². The third kappa shape index (κ3) is 17.2. The molecule has 1 aromatic carbocycles. The van der Waals surface area contributed by atoms with E-state index in [1.807, 2.05) is 12.1 Å². The van der Waals surface area contributed by atoms with Crippen LogP contribution in [0.2, 0.25) is 0 Å². The van der Waals surface area contributed by atoms with E-state index in [1.165, 1.54) is 116 Å². The van der Waals surface area contributed by atoms with Crippen molar-refractivity contribution in [2.24, 2.45) is 5.73 Å². The lowest BCUT2D eigenvalue weighted by molar-refractivity contribution is 0.288. The molecule has 0 unspecified atom stereocenters. The SMILES string of the molecule is CCCCCCCCCCCCOc1ccc(CN)c(OCCCCCCCCCCCC)c1. The molecule has 0 spiro atoms. The molecule has 2 N–H and O–H groups in total. The summed E-state index contributed by atoms with van der Waals surface area (Å²) in [7, 11) is 0. The second kappa shape index (κ2) is 23.5. The molecule has 0 radical (unpaired) electrons. The highest BCUT2D eigenvalue weighted by molar-refractivity contribution is 5.40. The lowest BCUT2D eigenvalue weighted by Crippen LogP contribution is -2.05.